The number of fused-ring (bicyclic) bond motifs is 3. The maximum Gasteiger partial charge on any atom is 0.116 e. The molecule has 0 N–H and O–H groups in total. The lowest BCUT2D eigenvalue weighted by Gasteiger charge is -2.25. The molecule has 3 nitrogen and oxygen atoms in total. The lowest BCUT2D eigenvalue weighted by molar-refractivity contribution is -0.106. The van der Waals surface area contributed by atoms with Crippen molar-refractivity contribution in [1.82, 2.24) is 4.90 Å². The van der Waals surface area contributed by atoms with Crippen LogP contribution in [0.2, 0.25) is 0 Å². The summed E-state index contributed by atoms with van der Waals surface area (Å²) in [4.78, 5) is 13.8. The van der Waals surface area contributed by atoms with Gasteiger partial charge in [0, 0.05) is 31.2 Å². The quantitative estimate of drug-likeness (QED) is 0.533. The van der Waals surface area contributed by atoms with E-state index in [1.165, 1.54) is 44.1 Å². The van der Waals surface area contributed by atoms with E-state index in [1.54, 1.807) is 11.6 Å². The lowest BCUT2D eigenvalue weighted by atomic mass is 9.92. The molecule has 3 heteroatoms. The SMILES string of the molecule is C=CC.CC=O.Cc1ccc2c(c1)C1CN(C)CCCC1N2C. The Kier molecular flexibility index (Phi) is 8.04. The Labute approximate surface area is 142 Å². The lowest BCUT2D eigenvalue weighted by Crippen LogP contribution is -2.32. The summed E-state index contributed by atoms with van der Waals surface area (Å²) < 4.78 is 0. The van der Waals surface area contributed by atoms with Crippen LogP contribution in [0.15, 0.2) is 30.9 Å². The highest BCUT2D eigenvalue weighted by Gasteiger charge is 2.37. The zero-order chi connectivity index (χ0) is 17.4. The summed E-state index contributed by atoms with van der Waals surface area (Å²) in [5.41, 5.74) is 4.43. The maximum absolute atomic E-state index is 8.81. The van der Waals surface area contributed by atoms with Gasteiger partial charge in [0.05, 0.1) is 0 Å². The van der Waals surface area contributed by atoms with E-state index in [0.717, 1.165) is 12.3 Å². The highest BCUT2D eigenvalue weighted by atomic mass is 16.1. The predicted molar refractivity (Wildman–Crippen MR) is 100 cm³/mol. The van der Waals surface area contributed by atoms with E-state index in [-0.39, 0.29) is 0 Å². The molecule has 2 aliphatic rings. The van der Waals surface area contributed by atoms with Crippen molar-refractivity contribution >= 4 is 12.0 Å². The third-order valence-electron chi connectivity index (χ3n) is 4.47. The molecule has 0 saturated carbocycles. The average Bonchev–Trinajstić information content (AvgIpc) is 2.64. The van der Waals surface area contributed by atoms with Crippen LogP contribution in [-0.4, -0.2) is 44.4 Å². The zero-order valence-electron chi connectivity index (χ0n) is 15.4. The Morgan fingerprint density at radius 1 is 1.26 bits per heavy atom. The molecule has 1 aromatic carbocycles. The molecule has 0 aromatic heterocycles. The molecule has 2 aliphatic heterocycles. The van der Waals surface area contributed by atoms with Crippen molar-refractivity contribution in [2.75, 3.05) is 32.1 Å². The number of aryl methyl sites for hydroxylation is 1. The number of carbonyl (C=O) groups is 1. The van der Waals surface area contributed by atoms with Crippen molar-refractivity contribution in [2.24, 2.45) is 0 Å². The molecule has 0 radical (unpaired) electrons. The van der Waals surface area contributed by atoms with E-state index in [4.69, 9.17) is 4.79 Å². The van der Waals surface area contributed by atoms with Gasteiger partial charge in [-0.05, 0) is 58.8 Å². The first-order chi connectivity index (χ1) is 11.0. The molecular formula is C20H32N2O. The second-order valence-electron chi connectivity index (χ2n) is 6.40. The predicted octanol–water partition coefficient (Wildman–Crippen LogP) is 4.02. The summed E-state index contributed by atoms with van der Waals surface area (Å²) in [6.45, 7) is 11.4. The molecule has 3 rings (SSSR count). The topological polar surface area (TPSA) is 23.6 Å². The van der Waals surface area contributed by atoms with Gasteiger partial charge in [-0.1, -0.05) is 23.8 Å². The van der Waals surface area contributed by atoms with Crippen LogP contribution in [0.4, 0.5) is 5.69 Å². The van der Waals surface area contributed by atoms with Crippen molar-refractivity contribution in [1.29, 1.82) is 0 Å². The van der Waals surface area contributed by atoms with Crippen LogP contribution < -0.4 is 4.90 Å². The average molecular weight is 316 g/mol. The molecule has 0 amide bonds. The van der Waals surface area contributed by atoms with E-state index >= 15 is 0 Å². The minimum absolute atomic E-state index is 0.711. The van der Waals surface area contributed by atoms with Gasteiger partial charge < -0.3 is 14.6 Å². The summed E-state index contributed by atoms with van der Waals surface area (Å²) >= 11 is 0. The van der Waals surface area contributed by atoms with Gasteiger partial charge in [0.25, 0.3) is 0 Å². The molecule has 1 saturated heterocycles. The summed E-state index contributed by atoms with van der Waals surface area (Å²) in [6.07, 6.45) is 5.16. The van der Waals surface area contributed by atoms with E-state index in [9.17, 15) is 0 Å². The molecule has 23 heavy (non-hydrogen) atoms. The highest BCUT2D eigenvalue weighted by Crippen LogP contribution is 2.43. The Morgan fingerprint density at radius 3 is 2.48 bits per heavy atom. The number of hydrogen-bond acceptors (Lipinski definition) is 3. The van der Waals surface area contributed by atoms with Crippen LogP contribution >= 0.6 is 0 Å². The fraction of sp³-hybridized carbons (Fsp3) is 0.550. The van der Waals surface area contributed by atoms with Crippen LogP contribution in [0.3, 0.4) is 0 Å². The Morgan fingerprint density at radius 2 is 1.87 bits per heavy atom. The van der Waals surface area contributed by atoms with Gasteiger partial charge >= 0.3 is 0 Å². The first-order valence-electron chi connectivity index (χ1n) is 8.48. The van der Waals surface area contributed by atoms with Gasteiger partial charge in [0.2, 0.25) is 0 Å². The molecule has 2 heterocycles. The number of benzene rings is 1. The maximum atomic E-state index is 8.81. The van der Waals surface area contributed by atoms with Gasteiger partial charge in [0.15, 0.2) is 0 Å². The van der Waals surface area contributed by atoms with Gasteiger partial charge in [-0.15, -0.1) is 6.58 Å². The van der Waals surface area contributed by atoms with Crippen molar-refractivity contribution in [3.63, 3.8) is 0 Å². The molecule has 2 atom stereocenters. The molecule has 1 aromatic rings. The zero-order valence-corrected chi connectivity index (χ0v) is 15.4. The standard InChI is InChI=1S/C15H22N2.C3H6.C2H4O/c1-11-6-7-15-12(9-11)13-10-16(2)8-4-5-14(13)17(15)3;1-3-2;1-2-3/h6-7,9,13-14H,4-5,8,10H2,1-3H3;3H,1H2,2H3;2H,1H3. The van der Waals surface area contributed by atoms with Crippen molar-refractivity contribution in [3.05, 3.63) is 42.0 Å². The molecule has 2 unspecified atom stereocenters. The smallest absolute Gasteiger partial charge is 0.116 e. The summed E-state index contributed by atoms with van der Waals surface area (Å²) in [5.74, 6) is 0.711. The minimum Gasteiger partial charge on any atom is -0.371 e. The van der Waals surface area contributed by atoms with Crippen LogP contribution in [0.25, 0.3) is 0 Å². The first kappa shape index (κ1) is 19.4. The number of allylic oxidation sites excluding steroid dienone is 1. The molecule has 1 fully saturated rings. The van der Waals surface area contributed by atoms with Crippen LogP contribution in [-0.2, 0) is 4.79 Å². The normalized spacial score (nSPS) is 22.4. The monoisotopic (exact) mass is 316 g/mol. The number of rotatable bonds is 0. The van der Waals surface area contributed by atoms with Crippen molar-refractivity contribution in [2.45, 2.75) is 45.6 Å². The second kappa shape index (κ2) is 9.51. The van der Waals surface area contributed by atoms with Gasteiger partial charge in [-0.25, -0.2) is 0 Å². The second-order valence-corrected chi connectivity index (χ2v) is 6.40. The minimum atomic E-state index is 0.711. The Balaban J connectivity index is 0.000000387. The summed E-state index contributed by atoms with van der Waals surface area (Å²) in [7, 11) is 4.53. The van der Waals surface area contributed by atoms with Crippen molar-refractivity contribution in [3.8, 4) is 0 Å². The number of aldehydes is 1. The molecule has 0 aliphatic carbocycles. The molecule has 0 spiro atoms. The van der Waals surface area contributed by atoms with Crippen LogP contribution in [0, 0.1) is 6.92 Å². The fourth-order valence-electron chi connectivity index (χ4n) is 3.56. The Bertz CT molecular complexity index is 506. The van der Waals surface area contributed by atoms with Crippen LogP contribution in [0.1, 0.15) is 43.7 Å². The van der Waals surface area contributed by atoms with Gasteiger partial charge in [0.1, 0.15) is 6.29 Å². The van der Waals surface area contributed by atoms with Crippen LogP contribution in [0.5, 0.6) is 0 Å². The third kappa shape index (κ3) is 4.93. The summed E-state index contributed by atoms with van der Waals surface area (Å²) in [6, 6.07) is 7.66. The van der Waals surface area contributed by atoms with Gasteiger partial charge in [-0.2, -0.15) is 0 Å². The number of likely N-dealkylation sites (N-methyl/N-ethyl adjacent to an activating group) is 2. The molecule has 0 bridgehead atoms. The van der Waals surface area contributed by atoms with E-state index in [2.05, 4.69) is 55.6 Å². The number of hydrogen-bond donors (Lipinski definition) is 0. The largest absolute Gasteiger partial charge is 0.371 e. The third-order valence-corrected chi connectivity index (χ3v) is 4.47. The summed E-state index contributed by atoms with van der Waals surface area (Å²) in [5, 5.41) is 0. The first-order valence-corrected chi connectivity index (χ1v) is 8.48. The number of nitrogens with zero attached hydrogens (tertiary/aromatic N) is 2. The van der Waals surface area contributed by atoms with Crippen molar-refractivity contribution < 1.29 is 4.79 Å². The number of likely N-dealkylation sites (tertiary alicyclic amines) is 1. The van der Waals surface area contributed by atoms with Gasteiger partial charge in [-0.3, -0.25) is 0 Å². The molecule has 128 valence electrons. The van der Waals surface area contributed by atoms with E-state index in [0.29, 0.717) is 5.92 Å². The fourth-order valence-corrected chi connectivity index (χ4v) is 3.56. The number of carbonyl (C=O) groups excluding carboxylic acids is 1. The van der Waals surface area contributed by atoms with E-state index < -0.39 is 0 Å². The Hall–Kier alpha value is -1.61. The van der Waals surface area contributed by atoms with E-state index in [1.807, 2.05) is 6.92 Å². The highest BCUT2D eigenvalue weighted by molar-refractivity contribution is 5.62. The number of anilines is 1. The molecular weight excluding hydrogens is 284 g/mol.